The van der Waals surface area contributed by atoms with E-state index in [-0.39, 0.29) is 5.75 Å². The maximum Gasteiger partial charge on any atom is 0.142 e. The highest BCUT2D eigenvalue weighted by atomic mass is 16.3. The number of hydrogen-bond acceptors (Lipinski definition) is 3. The number of nitrogen functional groups attached to an aromatic ring is 1. The van der Waals surface area contributed by atoms with Gasteiger partial charge in [0.2, 0.25) is 0 Å². The maximum atomic E-state index is 9.96. The lowest BCUT2D eigenvalue weighted by Crippen LogP contribution is -1.85. The van der Waals surface area contributed by atoms with Crippen molar-refractivity contribution in [2.75, 3.05) is 5.73 Å². The molecule has 0 saturated heterocycles. The topological polar surface area (TPSA) is 63.3 Å². The lowest BCUT2D eigenvalue weighted by atomic mass is 10.2. The number of phenols is 1. The first-order valence-electron chi connectivity index (χ1n) is 3.44. The lowest BCUT2D eigenvalue weighted by molar-refractivity contribution is -0.104. The van der Waals surface area contributed by atoms with Crippen molar-refractivity contribution in [2.45, 2.75) is 0 Å². The van der Waals surface area contributed by atoms with Crippen LogP contribution in [-0.4, -0.2) is 11.4 Å². The number of allylic oxidation sites excluding steroid dienone is 1. The maximum absolute atomic E-state index is 9.96. The van der Waals surface area contributed by atoms with Crippen LogP contribution in [0.1, 0.15) is 5.56 Å². The quantitative estimate of drug-likeness (QED) is 0.298. The van der Waals surface area contributed by atoms with Crippen molar-refractivity contribution in [3.05, 3.63) is 29.8 Å². The van der Waals surface area contributed by atoms with Crippen LogP contribution < -0.4 is 5.73 Å². The van der Waals surface area contributed by atoms with Crippen molar-refractivity contribution in [1.82, 2.24) is 0 Å². The van der Waals surface area contributed by atoms with Gasteiger partial charge in [-0.3, -0.25) is 4.79 Å². The smallest absolute Gasteiger partial charge is 0.142 e. The van der Waals surface area contributed by atoms with E-state index in [4.69, 9.17) is 10.8 Å². The van der Waals surface area contributed by atoms with E-state index in [1.54, 1.807) is 18.2 Å². The number of nitrogens with two attached hydrogens (primary N) is 1. The highest BCUT2D eigenvalue weighted by Gasteiger charge is 1.94. The summed E-state index contributed by atoms with van der Waals surface area (Å²) in [6.45, 7) is 0. The largest absolute Gasteiger partial charge is 0.506 e. The van der Waals surface area contributed by atoms with E-state index in [2.05, 4.69) is 0 Å². The number of carbonyl (C=O) groups is 1. The molecule has 0 aliphatic heterocycles. The third-order valence-corrected chi connectivity index (χ3v) is 1.42. The van der Waals surface area contributed by atoms with Crippen LogP contribution in [0.25, 0.3) is 6.08 Å². The molecule has 0 aliphatic carbocycles. The molecule has 0 saturated carbocycles. The van der Waals surface area contributed by atoms with Crippen LogP contribution in [0.4, 0.5) is 5.69 Å². The van der Waals surface area contributed by atoms with Gasteiger partial charge in [0.05, 0.1) is 5.69 Å². The molecule has 1 aromatic carbocycles. The number of carbonyl (C=O) groups excluding carboxylic acids is 1. The average molecular weight is 163 g/mol. The zero-order valence-electron chi connectivity index (χ0n) is 6.40. The summed E-state index contributed by atoms with van der Waals surface area (Å²) in [5.74, 6) is 0.0539. The molecule has 0 aromatic heterocycles. The molecule has 3 nitrogen and oxygen atoms in total. The molecule has 0 unspecified atom stereocenters. The highest BCUT2D eigenvalue weighted by Crippen LogP contribution is 2.20. The molecule has 3 heteroatoms. The Morgan fingerprint density at radius 2 is 2.17 bits per heavy atom. The van der Waals surface area contributed by atoms with E-state index in [1.165, 1.54) is 12.1 Å². The van der Waals surface area contributed by atoms with Crippen LogP contribution >= 0.6 is 0 Å². The Balaban J connectivity index is 2.96. The minimum Gasteiger partial charge on any atom is -0.506 e. The zero-order chi connectivity index (χ0) is 8.97. The molecule has 0 bridgehead atoms. The Hall–Kier alpha value is -1.77. The molecule has 12 heavy (non-hydrogen) atoms. The van der Waals surface area contributed by atoms with Crippen LogP contribution in [0.2, 0.25) is 0 Å². The highest BCUT2D eigenvalue weighted by molar-refractivity contribution is 5.75. The van der Waals surface area contributed by atoms with E-state index >= 15 is 0 Å². The predicted molar refractivity (Wildman–Crippen MR) is 47.6 cm³/mol. The molecular weight excluding hydrogens is 154 g/mol. The summed E-state index contributed by atoms with van der Waals surface area (Å²) in [5.41, 5.74) is 6.52. The summed E-state index contributed by atoms with van der Waals surface area (Å²) in [7, 11) is 0. The van der Waals surface area contributed by atoms with Crippen LogP contribution in [-0.2, 0) is 4.79 Å². The average Bonchev–Trinajstić information content (AvgIpc) is 2.07. The van der Waals surface area contributed by atoms with Gasteiger partial charge in [0.15, 0.2) is 0 Å². The van der Waals surface area contributed by atoms with E-state index < -0.39 is 0 Å². The lowest BCUT2D eigenvalue weighted by Gasteiger charge is -1.98. The summed E-state index contributed by atoms with van der Waals surface area (Å²) < 4.78 is 0. The van der Waals surface area contributed by atoms with Gasteiger partial charge in [-0.2, -0.15) is 0 Å². The Morgan fingerprint density at radius 1 is 1.42 bits per heavy atom. The molecule has 0 aliphatic rings. The number of benzene rings is 1. The normalized spacial score (nSPS) is 10.3. The van der Waals surface area contributed by atoms with Gasteiger partial charge in [-0.25, -0.2) is 0 Å². The molecule has 0 heterocycles. The molecular formula is C9H9NO2. The molecule has 0 fully saturated rings. The van der Waals surface area contributed by atoms with Gasteiger partial charge in [0.1, 0.15) is 12.0 Å². The molecule has 3 N–H and O–H groups in total. The van der Waals surface area contributed by atoms with Crippen molar-refractivity contribution in [2.24, 2.45) is 0 Å². The standard InChI is InChI=1S/C9H9NO2/c10-8-6-7(2-1-5-11)3-4-9(8)12/h1-6,12H,10H2/b2-1+. The minimum atomic E-state index is 0.0539. The molecule has 1 rings (SSSR count). The first kappa shape index (κ1) is 8.33. The summed E-state index contributed by atoms with van der Waals surface area (Å²) in [4.78, 5) is 9.96. The second-order valence-corrected chi connectivity index (χ2v) is 2.31. The van der Waals surface area contributed by atoms with E-state index in [1.807, 2.05) is 0 Å². The van der Waals surface area contributed by atoms with Crippen LogP contribution in [0, 0.1) is 0 Å². The SMILES string of the molecule is Nc1cc(/C=C/C=O)ccc1O. The number of anilines is 1. The minimum absolute atomic E-state index is 0.0539. The molecule has 0 amide bonds. The van der Waals surface area contributed by atoms with Gasteiger partial charge in [-0.05, 0) is 23.8 Å². The molecule has 0 radical (unpaired) electrons. The van der Waals surface area contributed by atoms with Crippen molar-refractivity contribution in [1.29, 1.82) is 0 Å². The predicted octanol–water partition coefficient (Wildman–Crippen LogP) is 1.19. The second-order valence-electron chi connectivity index (χ2n) is 2.31. The fourth-order valence-corrected chi connectivity index (χ4v) is 0.827. The van der Waals surface area contributed by atoms with E-state index in [0.717, 1.165) is 5.56 Å². The van der Waals surface area contributed by atoms with Gasteiger partial charge in [-0.15, -0.1) is 0 Å². The zero-order valence-corrected chi connectivity index (χ0v) is 6.40. The second kappa shape index (κ2) is 3.57. The summed E-state index contributed by atoms with van der Waals surface area (Å²) in [5, 5.41) is 9.05. The van der Waals surface area contributed by atoms with Crippen molar-refractivity contribution in [3.8, 4) is 5.75 Å². The third-order valence-electron chi connectivity index (χ3n) is 1.42. The number of aldehydes is 1. The van der Waals surface area contributed by atoms with E-state index in [0.29, 0.717) is 12.0 Å². The van der Waals surface area contributed by atoms with Crippen molar-refractivity contribution < 1.29 is 9.90 Å². The third kappa shape index (κ3) is 1.85. The van der Waals surface area contributed by atoms with Crippen molar-refractivity contribution in [3.63, 3.8) is 0 Å². The van der Waals surface area contributed by atoms with Crippen LogP contribution in [0.15, 0.2) is 24.3 Å². The van der Waals surface area contributed by atoms with Gasteiger partial charge in [-0.1, -0.05) is 12.1 Å². The number of aromatic hydroxyl groups is 1. The number of rotatable bonds is 2. The molecule has 62 valence electrons. The number of phenolic OH excluding ortho intramolecular Hbond substituents is 1. The Kier molecular flexibility index (Phi) is 2.48. The first-order chi connectivity index (χ1) is 5.74. The van der Waals surface area contributed by atoms with Crippen molar-refractivity contribution >= 4 is 18.0 Å². The first-order valence-corrected chi connectivity index (χ1v) is 3.44. The van der Waals surface area contributed by atoms with E-state index in [9.17, 15) is 4.79 Å². The summed E-state index contributed by atoms with van der Waals surface area (Å²) in [6, 6.07) is 4.75. The molecule has 1 aromatic rings. The van der Waals surface area contributed by atoms with Gasteiger partial charge < -0.3 is 10.8 Å². The summed E-state index contributed by atoms with van der Waals surface area (Å²) >= 11 is 0. The fraction of sp³-hybridized carbons (Fsp3) is 0. The van der Waals surface area contributed by atoms with Gasteiger partial charge in [0.25, 0.3) is 0 Å². The Morgan fingerprint density at radius 3 is 2.75 bits per heavy atom. The Labute approximate surface area is 70.1 Å². The monoisotopic (exact) mass is 163 g/mol. The van der Waals surface area contributed by atoms with Gasteiger partial charge in [0, 0.05) is 0 Å². The summed E-state index contributed by atoms with van der Waals surface area (Å²) in [6.07, 6.45) is 3.66. The molecule has 0 spiro atoms. The Bertz CT molecular complexity index is 318. The van der Waals surface area contributed by atoms with Gasteiger partial charge >= 0.3 is 0 Å². The van der Waals surface area contributed by atoms with Crippen LogP contribution in [0.5, 0.6) is 5.75 Å². The van der Waals surface area contributed by atoms with Crippen LogP contribution in [0.3, 0.4) is 0 Å². The molecule has 0 atom stereocenters. The number of hydrogen-bond donors (Lipinski definition) is 2. The fourth-order valence-electron chi connectivity index (χ4n) is 0.827.